The molecule has 0 radical (unpaired) electrons. The van der Waals surface area contributed by atoms with Gasteiger partial charge < -0.3 is 9.84 Å². The fourth-order valence-corrected chi connectivity index (χ4v) is 1.68. The third-order valence-corrected chi connectivity index (χ3v) is 2.67. The van der Waals surface area contributed by atoms with Gasteiger partial charge in [-0.05, 0) is 42.0 Å². The van der Waals surface area contributed by atoms with Gasteiger partial charge in [-0.3, -0.25) is 9.59 Å². The van der Waals surface area contributed by atoms with Crippen LogP contribution in [0.15, 0.2) is 53.6 Å². The summed E-state index contributed by atoms with van der Waals surface area (Å²) >= 11 is 0. The first-order valence-corrected chi connectivity index (χ1v) is 6.46. The quantitative estimate of drug-likeness (QED) is 0.391. The number of nitrogens with zero attached hydrogens (tertiary/aromatic N) is 1. The lowest BCUT2D eigenvalue weighted by Gasteiger charge is -2.02. The highest BCUT2D eigenvalue weighted by Crippen LogP contribution is 2.15. The van der Waals surface area contributed by atoms with Gasteiger partial charge in [0.15, 0.2) is 0 Å². The second-order valence-corrected chi connectivity index (χ2v) is 4.38. The zero-order valence-corrected chi connectivity index (χ0v) is 11.8. The van der Waals surface area contributed by atoms with Crippen molar-refractivity contribution in [1.82, 2.24) is 5.43 Å². The molecule has 0 fully saturated rings. The van der Waals surface area contributed by atoms with Crippen LogP contribution in [0.25, 0.3) is 0 Å². The van der Waals surface area contributed by atoms with Crippen LogP contribution in [0.5, 0.6) is 11.5 Å². The maximum atomic E-state index is 11.8. The minimum absolute atomic E-state index is 0.110. The summed E-state index contributed by atoms with van der Waals surface area (Å²) < 4.78 is 4.90. The summed E-state index contributed by atoms with van der Waals surface area (Å²) in [7, 11) is 0. The minimum atomic E-state index is -0.508. The lowest BCUT2D eigenvalue weighted by molar-refractivity contribution is -0.131. The highest BCUT2D eigenvalue weighted by atomic mass is 16.5. The molecule has 0 unspecified atom stereocenters. The molecule has 0 aliphatic heterocycles. The van der Waals surface area contributed by atoms with E-state index in [-0.39, 0.29) is 11.3 Å². The SMILES string of the molecule is CC(=O)Oc1ccc(/C=N\NC(=O)c2ccccc2O)cc1. The van der Waals surface area contributed by atoms with Gasteiger partial charge in [-0.2, -0.15) is 5.10 Å². The standard InChI is InChI=1S/C16H14N2O4/c1-11(19)22-13-8-6-12(7-9-13)10-17-18-16(21)14-4-2-3-5-15(14)20/h2-10,20H,1H3,(H,18,21)/b17-10-. The number of hydrogen-bond acceptors (Lipinski definition) is 5. The number of carbonyl (C=O) groups excluding carboxylic acids is 2. The second-order valence-electron chi connectivity index (χ2n) is 4.38. The number of para-hydroxylation sites is 1. The van der Waals surface area contributed by atoms with Gasteiger partial charge in [-0.1, -0.05) is 12.1 Å². The van der Waals surface area contributed by atoms with Gasteiger partial charge in [0.25, 0.3) is 5.91 Å². The molecule has 2 N–H and O–H groups in total. The molecule has 0 aromatic heterocycles. The van der Waals surface area contributed by atoms with Crippen molar-refractivity contribution in [2.45, 2.75) is 6.92 Å². The monoisotopic (exact) mass is 298 g/mol. The van der Waals surface area contributed by atoms with Crippen LogP contribution in [0, 0.1) is 0 Å². The van der Waals surface area contributed by atoms with Crippen molar-refractivity contribution in [3.8, 4) is 11.5 Å². The number of rotatable bonds is 4. The van der Waals surface area contributed by atoms with E-state index in [1.54, 1.807) is 36.4 Å². The van der Waals surface area contributed by atoms with E-state index < -0.39 is 11.9 Å². The van der Waals surface area contributed by atoms with Gasteiger partial charge in [0, 0.05) is 6.92 Å². The third kappa shape index (κ3) is 4.17. The Kier molecular flexibility index (Phi) is 4.87. The van der Waals surface area contributed by atoms with Crippen molar-refractivity contribution in [3.05, 3.63) is 59.7 Å². The lowest BCUT2D eigenvalue weighted by atomic mass is 10.2. The van der Waals surface area contributed by atoms with E-state index in [2.05, 4.69) is 10.5 Å². The number of ether oxygens (including phenoxy) is 1. The molecule has 1 amide bonds. The zero-order valence-electron chi connectivity index (χ0n) is 11.8. The molecule has 0 saturated carbocycles. The van der Waals surface area contributed by atoms with Crippen LogP contribution in [-0.2, 0) is 4.79 Å². The fourth-order valence-electron chi connectivity index (χ4n) is 1.68. The van der Waals surface area contributed by atoms with E-state index in [1.165, 1.54) is 25.3 Å². The highest BCUT2D eigenvalue weighted by molar-refractivity contribution is 5.97. The molecule has 0 bridgehead atoms. The zero-order chi connectivity index (χ0) is 15.9. The predicted octanol–water partition coefficient (Wildman–Crippen LogP) is 2.08. The van der Waals surface area contributed by atoms with Crippen molar-refractivity contribution >= 4 is 18.1 Å². The van der Waals surface area contributed by atoms with Crippen molar-refractivity contribution in [2.24, 2.45) is 5.10 Å². The first kappa shape index (κ1) is 15.2. The Labute approximate surface area is 127 Å². The molecule has 0 atom stereocenters. The van der Waals surface area contributed by atoms with Gasteiger partial charge in [-0.15, -0.1) is 0 Å². The summed E-state index contributed by atoms with van der Waals surface area (Å²) in [5, 5.41) is 13.4. The number of amides is 1. The van der Waals surface area contributed by atoms with Crippen LogP contribution in [0.2, 0.25) is 0 Å². The predicted molar refractivity (Wildman–Crippen MR) is 80.9 cm³/mol. The van der Waals surface area contributed by atoms with Crippen LogP contribution in [0.1, 0.15) is 22.8 Å². The molecule has 0 aliphatic rings. The molecule has 6 heteroatoms. The normalized spacial score (nSPS) is 10.4. The molecule has 2 rings (SSSR count). The second kappa shape index (κ2) is 7.03. The Balaban J connectivity index is 1.96. The van der Waals surface area contributed by atoms with Crippen molar-refractivity contribution < 1.29 is 19.4 Å². The van der Waals surface area contributed by atoms with Crippen LogP contribution in [0.3, 0.4) is 0 Å². The molecule has 6 nitrogen and oxygen atoms in total. The molecule has 22 heavy (non-hydrogen) atoms. The molecular weight excluding hydrogens is 284 g/mol. The Morgan fingerprint density at radius 2 is 1.82 bits per heavy atom. The number of nitrogens with one attached hydrogen (secondary N) is 1. The Morgan fingerprint density at radius 1 is 1.14 bits per heavy atom. The Bertz CT molecular complexity index is 708. The third-order valence-electron chi connectivity index (χ3n) is 2.67. The van der Waals surface area contributed by atoms with E-state index in [0.29, 0.717) is 11.3 Å². The van der Waals surface area contributed by atoms with Gasteiger partial charge in [0.2, 0.25) is 0 Å². The number of esters is 1. The Hall–Kier alpha value is -3.15. The summed E-state index contributed by atoms with van der Waals surface area (Å²) in [4.78, 5) is 22.6. The van der Waals surface area contributed by atoms with Gasteiger partial charge in [-0.25, -0.2) is 5.43 Å². The van der Waals surface area contributed by atoms with E-state index in [1.807, 2.05) is 0 Å². The smallest absolute Gasteiger partial charge is 0.308 e. The number of hydrazone groups is 1. The van der Waals surface area contributed by atoms with Crippen LogP contribution >= 0.6 is 0 Å². The number of hydrogen-bond donors (Lipinski definition) is 2. The number of carbonyl (C=O) groups is 2. The fraction of sp³-hybridized carbons (Fsp3) is 0.0625. The first-order valence-electron chi connectivity index (χ1n) is 6.46. The van der Waals surface area contributed by atoms with Gasteiger partial charge in [0.05, 0.1) is 11.8 Å². The molecule has 0 saturated heterocycles. The molecule has 0 spiro atoms. The first-order chi connectivity index (χ1) is 10.6. The van der Waals surface area contributed by atoms with Crippen molar-refractivity contribution in [1.29, 1.82) is 0 Å². The molecule has 0 heterocycles. The van der Waals surface area contributed by atoms with Crippen LogP contribution in [-0.4, -0.2) is 23.2 Å². The number of benzene rings is 2. The van der Waals surface area contributed by atoms with Crippen LogP contribution < -0.4 is 10.2 Å². The summed E-state index contributed by atoms with van der Waals surface area (Å²) in [5.41, 5.74) is 3.18. The summed E-state index contributed by atoms with van der Waals surface area (Å²) in [6.45, 7) is 1.32. The minimum Gasteiger partial charge on any atom is -0.507 e. The number of phenolic OH excluding ortho intramolecular Hbond substituents is 1. The molecular formula is C16H14N2O4. The Morgan fingerprint density at radius 3 is 2.45 bits per heavy atom. The van der Waals surface area contributed by atoms with E-state index in [4.69, 9.17) is 4.74 Å². The highest BCUT2D eigenvalue weighted by Gasteiger charge is 2.08. The van der Waals surface area contributed by atoms with E-state index >= 15 is 0 Å². The molecule has 0 aliphatic carbocycles. The van der Waals surface area contributed by atoms with E-state index in [0.717, 1.165) is 0 Å². The number of aromatic hydroxyl groups is 1. The lowest BCUT2D eigenvalue weighted by Crippen LogP contribution is -2.17. The average Bonchev–Trinajstić information content (AvgIpc) is 2.49. The van der Waals surface area contributed by atoms with Gasteiger partial charge in [0.1, 0.15) is 11.5 Å². The summed E-state index contributed by atoms with van der Waals surface area (Å²) in [6, 6.07) is 12.8. The summed E-state index contributed by atoms with van der Waals surface area (Å²) in [5.74, 6) is -0.578. The molecule has 2 aromatic carbocycles. The largest absolute Gasteiger partial charge is 0.507 e. The molecule has 112 valence electrons. The van der Waals surface area contributed by atoms with Crippen molar-refractivity contribution in [2.75, 3.05) is 0 Å². The van der Waals surface area contributed by atoms with E-state index in [9.17, 15) is 14.7 Å². The topological polar surface area (TPSA) is 88.0 Å². The van der Waals surface area contributed by atoms with Crippen molar-refractivity contribution in [3.63, 3.8) is 0 Å². The summed E-state index contributed by atoms with van der Waals surface area (Å²) in [6.07, 6.45) is 1.44. The van der Waals surface area contributed by atoms with Crippen LogP contribution in [0.4, 0.5) is 0 Å². The van der Waals surface area contributed by atoms with Gasteiger partial charge >= 0.3 is 5.97 Å². The average molecular weight is 298 g/mol. The molecule has 2 aromatic rings. The number of phenols is 1. The maximum Gasteiger partial charge on any atom is 0.308 e. The maximum absolute atomic E-state index is 11.8.